The smallest absolute Gasteiger partial charge is 0.0638 e. The Hall–Kier alpha value is -1.44. The quantitative estimate of drug-likeness (QED) is 0.876. The first-order valence-electron chi connectivity index (χ1n) is 6.53. The van der Waals surface area contributed by atoms with Crippen LogP contribution in [0.1, 0.15) is 25.3 Å². The highest BCUT2D eigenvalue weighted by atomic mass is 15.2. The van der Waals surface area contributed by atoms with Crippen LogP contribution in [0.25, 0.3) is 0 Å². The van der Waals surface area contributed by atoms with Crippen molar-refractivity contribution in [1.29, 1.82) is 5.26 Å². The van der Waals surface area contributed by atoms with E-state index in [-0.39, 0.29) is 6.04 Å². The van der Waals surface area contributed by atoms with Gasteiger partial charge in [-0.05, 0) is 31.5 Å². The van der Waals surface area contributed by atoms with E-state index in [0.29, 0.717) is 12.5 Å². The van der Waals surface area contributed by atoms with Crippen LogP contribution in [0.3, 0.4) is 0 Å². The molecule has 2 rings (SSSR count). The minimum Gasteiger partial charge on any atom is -0.312 e. The van der Waals surface area contributed by atoms with Gasteiger partial charge in [0.1, 0.15) is 0 Å². The Morgan fingerprint density at radius 3 is 3.22 bits per heavy atom. The van der Waals surface area contributed by atoms with E-state index in [2.05, 4.69) is 34.3 Å². The summed E-state index contributed by atoms with van der Waals surface area (Å²) in [6, 6.07) is 7.18. The summed E-state index contributed by atoms with van der Waals surface area (Å²) in [5.74, 6) is 0. The van der Waals surface area contributed by atoms with E-state index in [9.17, 15) is 0 Å². The van der Waals surface area contributed by atoms with Gasteiger partial charge >= 0.3 is 0 Å². The standard InChI is InChI=1S/C14H20N4/c1-12-5-8-17-14(4-6-15)11-18(12)10-13-3-2-7-16-9-13/h2-3,7,9,12,14,17H,4-5,8,10-11H2,1H3. The Bertz CT molecular complexity index is 398. The number of nitrogens with zero attached hydrogens (tertiary/aromatic N) is 3. The lowest BCUT2D eigenvalue weighted by atomic mass is 10.1. The SMILES string of the molecule is CC1CCNC(CC#N)CN1Cc1cccnc1. The zero-order valence-electron chi connectivity index (χ0n) is 10.8. The van der Waals surface area contributed by atoms with Crippen molar-refractivity contribution in [3.63, 3.8) is 0 Å². The highest BCUT2D eigenvalue weighted by molar-refractivity contribution is 5.08. The zero-order chi connectivity index (χ0) is 12.8. The molecule has 2 heterocycles. The molecule has 0 saturated carbocycles. The van der Waals surface area contributed by atoms with Gasteiger partial charge in [-0.15, -0.1) is 0 Å². The molecule has 2 unspecified atom stereocenters. The molecule has 1 aliphatic heterocycles. The summed E-state index contributed by atoms with van der Waals surface area (Å²) in [6.45, 7) is 5.10. The van der Waals surface area contributed by atoms with Crippen molar-refractivity contribution in [2.45, 2.75) is 38.4 Å². The summed E-state index contributed by atoms with van der Waals surface area (Å²) in [6.07, 6.45) is 5.43. The van der Waals surface area contributed by atoms with E-state index < -0.39 is 0 Å². The molecule has 0 aliphatic carbocycles. The Morgan fingerprint density at radius 1 is 1.61 bits per heavy atom. The molecule has 18 heavy (non-hydrogen) atoms. The predicted octanol–water partition coefficient (Wildman–Crippen LogP) is 1.55. The Kier molecular flexibility index (Phi) is 4.68. The van der Waals surface area contributed by atoms with Gasteiger partial charge in [0, 0.05) is 37.6 Å². The van der Waals surface area contributed by atoms with Gasteiger partial charge in [0.15, 0.2) is 0 Å². The second-order valence-corrected chi connectivity index (χ2v) is 4.94. The number of hydrogen-bond donors (Lipinski definition) is 1. The van der Waals surface area contributed by atoms with Gasteiger partial charge in [0.05, 0.1) is 12.5 Å². The van der Waals surface area contributed by atoms with Crippen molar-refractivity contribution in [1.82, 2.24) is 15.2 Å². The number of nitriles is 1. The van der Waals surface area contributed by atoms with Crippen molar-refractivity contribution in [3.8, 4) is 6.07 Å². The number of rotatable bonds is 3. The number of hydrogen-bond acceptors (Lipinski definition) is 4. The monoisotopic (exact) mass is 244 g/mol. The number of aromatic nitrogens is 1. The topological polar surface area (TPSA) is 52.0 Å². The largest absolute Gasteiger partial charge is 0.312 e. The highest BCUT2D eigenvalue weighted by Gasteiger charge is 2.22. The van der Waals surface area contributed by atoms with Gasteiger partial charge < -0.3 is 5.32 Å². The summed E-state index contributed by atoms with van der Waals surface area (Å²) in [4.78, 5) is 6.60. The molecular formula is C14H20N4. The molecule has 0 spiro atoms. The van der Waals surface area contributed by atoms with Crippen LogP contribution in [-0.4, -0.2) is 35.1 Å². The fraction of sp³-hybridized carbons (Fsp3) is 0.571. The summed E-state index contributed by atoms with van der Waals surface area (Å²) in [5, 5.41) is 12.3. The van der Waals surface area contributed by atoms with E-state index in [0.717, 1.165) is 26.1 Å². The molecule has 0 amide bonds. The normalized spacial score (nSPS) is 25.3. The van der Waals surface area contributed by atoms with E-state index in [1.807, 2.05) is 12.3 Å². The van der Waals surface area contributed by atoms with Gasteiger partial charge in [-0.2, -0.15) is 5.26 Å². The lowest BCUT2D eigenvalue weighted by Crippen LogP contribution is -2.39. The van der Waals surface area contributed by atoms with Crippen LogP contribution < -0.4 is 5.32 Å². The maximum atomic E-state index is 8.83. The maximum Gasteiger partial charge on any atom is 0.0638 e. The molecule has 1 N–H and O–H groups in total. The molecule has 1 saturated heterocycles. The first-order valence-corrected chi connectivity index (χ1v) is 6.53. The van der Waals surface area contributed by atoms with Crippen molar-refractivity contribution >= 4 is 0 Å². The van der Waals surface area contributed by atoms with Crippen molar-refractivity contribution in [2.24, 2.45) is 0 Å². The third-order valence-electron chi connectivity index (χ3n) is 3.52. The maximum absolute atomic E-state index is 8.83. The summed E-state index contributed by atoms with van der Waals surface area (Å²) in [7, 11) is 0. The van der Waals surface area contributed by atoms with Crippen molar-refractivity contribution in [3.05, 3.63) is 30.1 Å². The van der Waals surface area contributed by atoms with Gasteiger partial charge in [0.2, 0.25) is 0 Å². The van der Waals surface area contributed by atoms with Crippen LogP contribution in [0, 0.1) is 11.3 Å². The fourth-order valence-electron chi connectivity index (χ4n) is 2.40. The molecular weight excluding hydrogens is 224 g/mol. The molecule has 1 aromatic rings. The molecule has 1 aliphatic rings. The van der Waals surface area contributed by atoms with E-state index in [1.54, 1.807) is 6.20 Å². The van der Waals surface area contributed by atoms with Gasteiger partial charge in [-0.3, -0.25) is 9.88 Å². The molecule has 1 aromatic heterocycles. The molecule has 0 aromatic carbocycles. The van der Waals surface area contributed by atoms with Gasteiger partial charge in [-0.25, -0.2) is 0 Å². The Morgan fingerprint density at radius 2 is 2.50 bits per heavy atom. The molecule has 2 atom stereocenters. The molecule has 4 heteroatoms. The second-order valence-electron chi connectivity index (χ2n) is 4.94. The number of pyridine rings is 1. The predicted molar refractivity (Wildman–Crippen MR) is 70.7 cm³/mol. The molecule has 1 fully saturated rings. The summed E-state index contributed by atoms with van der Waals surface area (Å²) in [5.41, 5.74) is 1.24. The zero-order valence-corrected chi connectivity index (χ0v) is 10.8. The molecule has 0 radical (unpaired) electrons. The average molecular weight is 244 g/mol. The summed E-state index contributed by atoms with van der Waals surface area (Å²) < 4.78 is 0. The second kappa shape index (κ2) is 6.48. The van der Waals surface area contributed by atoms with Crippen LogP contribution in [0.4, 0.5) is 0 Å². The van der Waals surface area contributed by atoms with E-state index in [4.69, 9.17) is 5.26 Å². The minimum absolute atomic E-state index is 0.289. The Balaban J connectivity index is 2.01. The van der Waals surface area contributed by atoms with Crippen molar-refractivity contribution < 1.29 is 0 Å². The van der Waals surface area contributed by atoms with Gasteiger partial charge in [-0.1, -0.05) is 6.07 Å². The van der Waals surface area contributed by atoms with E-state index in [1.165, 1.54) is 5.56 Å². The third-order valence-corrected chi connectivity index (χ3v) is 3.52. The fourth-order valence-corrected chi connectivity index (χ4v) is 2.40. The average Bonchev–Trinajstić information content (AvgIpc) is 2.54. The lowest BCUT2D eigenvalue weighted by molar-refractivity contribution is 0.196. The third kappa shape index (κ3) is 3.52. The minimum atomic E-state index is 0.289. The molecule has 96 valence electrons. The van der Waals surface area contributed by atoms with Crippen molar-refractivity contribution in [2.75, 3.05) is 13.1 Å². The van der Waals surface area contributed by atoms with Crippen LogP contribution in [-0.2, 0) is 6.54 Å². The Labute approximate surface area is 109 Å². The first kappa shape index (κ1) is 13.0. The number of nitrogens with one attached hydrogen (secondary N) is 1. The van der Waals surface area contributed by atoms with Crippen LogP contribution >= 0.6 is 0 Å². The molecule has 0 bridgehead atoms. The molecule has 4 nitrogen and oxygen atoms in total. The van der Waals surface area contributed by atoms with Crippen LogP contribution in [0.15, 0.2) is 24.5 Å². The van der Waals surface area contributed by atoms with Crippen LogP contribution in [0.2, 0.25) is 0 Å². The first-order chi connectivity index (χ1) is 8.79. The highest BCUT2D eigenvalue weighted by Crippen LogP contribution is 2.14. The van der Waals surface area contributed by atoms with E-state index >= 15 is 0 Å². The summed E-state index contributed by atoms with van der Waals surface area (Å²) >= 11 is 0. The van der Waals surface area contributed by atoms with Gasteiger partial charge in [0.25, 0.3) is 0 Å². The van der Waals surface area contributed by atoms with Crippen LogP contribution in [0.5, 0.6) is 0 Å². The lowest BCUT2D eigenvalue weighted by Gasteiger charge is -2.28.